The second-order valence-corrected chi connectivity index (χ2v) is 6.74. The summed E-state index contributed by atoms with van der Waals surface area (Å²) in [6.45, 7) is 0. The van der Waals surface area contributed by atoms with Gasteiger partial charge in [0.25, 0.3) is 0 Å². The van der Waals surface area contributed by atoms with Crippen LogP contribution in [0.25, 0.3) is 0 Å². The maximum Gasteiger partial charge on any atom is 0.119 e. The number of ether oxygens (including phenoxy) is 1. The van der Waals surface area contributed by atoms with E-state index in [4.69, 9.17) is 16.3 Å². The molecule has 1 aliphatic rings. The zero-order valence-electron chi connectivity index (χ0n) is 10.6. The number of hydrogen-bond donors (Lipinski definition) is 1. The van der Waals surface area contributed by atoms with Crippen molar-refractivity contribution in [2.45, 2.75) is 24.9 Å². The predicted octanol–water partition coefficient (Wildman–Crippen LogP) is 3.79. The summed E-state index contributed by atoms with van der Waals surface area (Å²) in [5, 5.41) is 10.9. The van der Waals surface area contributed by atoms with E-state index in [1.54, 1.807) is 7.11 Å². The zero-order chi connectivity index (χ0) is 13.5. The van der Waals surface area contributed by atoms with Crippen molar-refractivity contribution >= 4 is 22.9 Å². The third kappa shape index (κ3) is 2.38. The topological polar surface area (TPSA) is 29.5 Å². The summed E-state index contributed by atoms with van der Waals surface area (Å²) in [5.74, 6) is 0.795. The monoisotopic (exact) mass is 294 g/mol. The highest BCUT2D eigenvalue weighted by Crippen LogP contribution is 2.42. The molecule has 0 spiro atoms. The van der Waals surface area contributed by atoms with Crippen LogP contribution >= 0.6 is 22.9 Å². The van der Waals surface area contributed by atoms with Crippen molar-refractivity contribution in [2.24, 2.45) is 0 Å². The average Bonchev–Trinajstić information content (AvgIpc) is 2.94. The van der Waals surface area contributed by atoms with Gasteiger partial charge in [-0.05, 0) is 48.2 Å². The Hall–Kier alpha value is -1.03. The average molecular weight is 295 g/mol. The quantitative estimate of drug-likeness (QED) is 0.933. The van der Waals surface area contributed by atoms with Gasteiger partial charge in [0.05, 0.1) is 17.0 Å². The van der Waals surface area contributed by atoms with Crippen LogP contribution in [0.2, 0.25) is 4.34 Å². The lowest BCUT2D eigenvalue weighted by Gasteiger charge is -2.23. The molecule has 1 unspecified atom stereocenters. The van der Waals surface area contributed by atoms with E-state index < -0.39 is 5.60 Å². The first-order valence-electron chi connectivity index (χ1n) is 6.25. The molecule has 1 aromatic carbocycles. The van der Waals surface area contributed by atoms with Crippen molar-refractivity contribution in [3.63, 3.8) is 0 Å². The molecule has 1 heterocycles. The van der Waals surface area contributed by atoms with E-state index in [2.05, 4.69) is 0 Å². The zero-order valence-corrected chi connectivity index (χ0v) is 12.2. The molecule has 4 heteroatoms. The molecule has 1 aliphatic carbocycles. The van der Waals surface area contributed by atoms with Gasteiger partial charge >= 0.3 is 0 Å². The van der Waals surface area contributed by atoms with Crippen molar-refractivity contribution in [1.29, 1.82) is 0 Å². The second kappa shape index (κ2) is 4.82. The Kier molecular flexibility index (Phi) is 3.29. The van der Waals surface area contributed by atoms with Gasteiger partial charge in [-0.25, -0.2) is 0 Å². The number of methoxy groups -OCH3 is 1. The first-order valence-corrected chi connectivity index (χ1v) is 7.44. The van der Waals surface area contributed by atoms with E-state index in [1.165, 1.54) is 16.9 Å². The summed E-state index contributed by atoms with van der Waals surface area (Å²) >= 11 is 7.49. The van der Waals surface area contributed by atoms with E-state index in [-0.39, 0.29) is 0 Å². The van der Waals surface area contributed by atoms with Crippen LogP contribution < -0.4 is 4.74 Å². The molecule has 0 aliphatic heterocycles. The number of hydrogen-bond acceptors (Lipinski definition) is 3. The molecule has 100 valence electrons. The Morgan fingerprint density at radius 3 is 2.89 bits per heavy atom. The van der Waals surface area contributed by atoms with Crippen LogP contribution in [0.3, 0.4) is 0 Å². The molecule has 0 saturated heterocycles. The third-order valence-corrected chi connectivity index (χ3v) is 4.95. The minimum Gasteiger partial charge on any atom is -0.497 e. The molecule has 2 aromatic rings. The molecular weight excluding hydrogens is 280 g/mol. The fraction of sp³-hybridized carbons (Fsp3) is 0.333. The molecule has 3 rings (SSSR count). The molecule has 0 bridgehead atoms. The fourth-order valence-corrected chi connectivity index (χ4v) is 3.92. The highest BCUT2D eigenvalue weighted by molar-refractivity contribution is 7.16. The molecule has 0 radical (unpaired) electrons. The van der Waals surface area contributed by atoms with Gasteiger partial charge in [0, 0.05) is 11.3 Å². The van der Waals surface area contributed by atoms with Crippen LogP contribution in [0.1, 0.15) is 22.4 Å². The maximum atomic E-state index is 10.9. The highest BCUT2D eigenvalue weighted by Gasteiger charge is 2.37. The van der Waals surface area contributed by atoms with Crippen LogP contribution in [0.15, 0.2) is 30.3 Å². The Morgan fingerprint density at radius 2 is 2.21 bits per heavy atom. The smallest absolute Gasteiger partial charge is 0.119 e. The number of aryl methyl sites for hydroxylation is 1. The Balaban J connectivity index is 1.94. The van der Waals surface area contributed by atoms with Gasteiger partial charge in [0.15, 0.2) is 0 Å². The fourth-order valence-electron chi connectivity index (χ4n) is 2.73. The van der Waals surface area contributed by atoms with E-state index in [0.29, 0.717) is 6.42 Å². The van der Waals surface area contributed by atoms with Crippen LogP contribution in [-0.4, -0.2) is 12.2 Å². The Bertz CT molecular complexity index is 608. The van der Waals surface area contributed by atoms with Gasteiger partial charge < -0.3 is 9.84 Å². The van der Waals surface area contributed by atoms with Crippen LogP contribution in [-0.2, 0) is 18.4 Å². The predicted molar refractivity (Wildman–Crippen MR) is 78.2 cm³/mol. The standard InChI is InChI=1S/C15H15ClO2S/c1-18-11-3-2-10-6-7-15(17,13(10)8-11)9-12-4-5-14(16)19-12/h2-5,8,17H,6-7,9H2,1H3. The first kappa shape index (κ1) is 13.0. The number of aliphatic hydroxyl groups is 1. The number of benzene rings is 1. The minimum atomic E-state index is -0.794. The summed E-state index contributed by atoms with van der Waals surface area (Å²) < 4.78 is 6.02. The first-order chi connectivity index (χ1) is 9.10. The van der Waals surface area contributed by atoms with E-state index in [1.807, 2.05) is 30.3 Å². The molecule has 2 nitrogen and oxygen atoms in total. The molecule has 1 aromatic heterocycles. The molecule has 0 amide bonds. The minimum absolute atomic E-state index is 0.616. The lowest BCUT2D eigenvalue weighted by Crippen LogP contribution is -2.24. The summed E-state index contributed by atoms with van der Waals surface area (Å²) in [4.78, 5) is 1.11. The van der Waals surface area contributed by atoms with Gasteiger partial charge in [-0.3, -0.25) is 0 Å². The summed E-state index contributed by atoms with van der Waals surface area (Å²) in [6.07, 6.45) is 2.28. The van der Waals surface area contributed by atoms with Gasteiger partial charge in [-0.2, -0.15) is 0 Å². The number of rotatable bonds is 3. The molecule has 0 fully saturated rings. The SMILES string of the molecule is COc1ccc2c(c1)C(O)(Cc1ccc(Cl)s1)CC2. The normalized spacial score (nSPS) is 21.4. The highest BCUT2D eigenvalue weighted by atomic mass is 35.5. The van der Waals surface area contributed by atoms with Crippen LogP contribution in [0, 0.1) is 0 Å². The van der Waals surface area contributed by atoms with Crippen LogP contribution in [0.4, 0.5) is 0 Å². The Morgan fingerprint density at radius 1 is 1.37 bits per heavy atom. The van der Waals surface area contributed by atoms with Crippen molar-refractivity contribution in [3.05, 3.63) is 50.7 Å². The molecule has 1 N–H and O–H groups in total. The second-order valence-electron chi connectivity index (χ2n) is 4.94. The third-order valence-electron chi connectivity index (χ3n) is 3.72. The van der Waals surface area contributed by atoms with E-state index in [9.17, 15) is 5.11 Å². The molecule has 1 atom stereocenters. The summed E-state index contributed by atoms with van der Waals surface area (Å²) in [5.41, 5.74) is 1.42. The lowest BCUT2D eigenvalue weighted by atomic mass is 9.91. The van der Waals surface area contributed by atoms with E-state index >= 15 is 0 Å². The summed E-state index contributed by atoms with van der Waals surface area (Å²) in [7, 11) is 1.65. The van der Waals surface area contributed by atoms with Gasteiger partial charge in [-0.1, -0.05) is 17.7 Å². The van der Waals surface area contributed by atoms with Gasteiger partial charge in [-0.15, -0.1) is 11.3 Å². The Labute approximate surface area is 121 Å². The van der Waals surface area contributed by atoms with Crippen molar-refractivity contribution in [2.75, 3.05) is 7.11 Å². The number of fused-ring (bicyclic) bond motifs is 1. The molecule has 0 saturated carbocycles. The lowest BCUT2D eigenvalue weighted by molar-refractivity contribution is 0.0396. The van der Waals surface area contributed by atoms with Crippen molar-refractivity contribution < 1.29 is 9.84 Å². The largest absolute Gasteiger partial charge is 0.497 e. The number of halogens is 1. The summed E-state index contributed by atoms with van der Waals surface area (Å²) in [6, 6.07) is 9.83. The van der Waals surface area contributed by atoms with Crippen LogP contribution in [0.5, 0.6) is 5.75 Å². The van der Waals surface area contributed by atoms with Gasteiger partial charge in [0.2, 0.25) is 0 Å². The molecule has 19 heavy (non-hydrogen) atoms. The van der Waals surface area contributed by atoms with Gasteiger partial charge in [0.1, 0.15) is 5.75 Å². The molecular formula is C15H15ClO2S. The number of thiophene rings is 1. The van der Waals surface area contributed by atoms with Crippen molar-refractivity contribution in [1.82, 2.24) is 0 Å². The maximum absolute atomic E-state index is 10.9. The van der Waals surface area contributed by atoms with Crippen molar-refractivity contribution in [3.8, 4) is 5.75 Å². The van der Waals surface area contributed by atoms with E-state index in [0.717, 1.165) is 33.4 Å².